The predicted octanol–water partition coefficient (Wildman–Crippen LogP) is 4.04. The lowest BCUT2D eigenvalue weighted by Crippen LogP contribution is -2.14. The molecule has 1 aliphatic rings. The van der Waals surface area contributed by atoms with E-state index < -0.39 is 4.92 Å². The van der Waals surface area contributed by atoms with Gasteiger partial charge in [0.2, 0.25) is 11.6 Å². The molecule has 8 nitrogen and oxygen atoms in total. The second-order valence-corrected chi connectivity index (χ2v) is 7.41. The van der Waals surface area contributed by atoms with Crippen molar-refractivity contribution in [3.63, 3.8) is 0 Å². The van der Waals surface area contributed by atoms with Crippen molar-refractivity contribution in [1.29, 1.82) is 0 Å². The molecule has 0 unspecified atom stereocenters. The predicted molar refractivity (Wildman–Crippen MR) is 111 cm³/mol. The molecule has 0 N–H and O–H groups in total. The first-order chi connectivity index (χ1) is 14.0. The summed E-state index contributed by atoms with van der Waals surface area (Å²) in [7, 11) is 0. The summed E-state index contributed by atoms with van der Waals surface area (Å²) in [6, 6.07) is 12.8. The van der Waals surface area contributed by atoms with E-state index in [0.717, 1.165) is 11.3 Å². The molecule has 29 heavy (non-hydrogen) atoms. The average Bonchev–Trinajstić information content (AvgIpc) is 3.32. The van der Waals surface area contributed by atoms with Crippen molar-refractivity contribution in [3.05, 3.63) is 68.3 Å². The van der Waals surface area contributed by atoms with Crippen molar-refractivity contribution in [2.45, 2.75) is 19.9 Å². The molecule has 1 aliphatic heterocycles. The summed E-state index contributed by atoms with van der Waals surface area (Å²) in [6.07, 6.45) is 1.46. The fourth-order valence-electron chi connectivity index (χ4n) is 2.86. The Bertz CT molecular complexity index is 1150. The maximum absolute atomic E-state index is 11.5. The molecular weight excluding hydrogens is 392 g/mol. The van der Waals surface area contributed by atoms with E-state index in [4.69, 9.17) is 9.47 Å². The maximum atomic E-state index is 11.5. The first kappa shape index (κ1) is 18.9. The van der Waals surface area contributed by atoms with Gasteiger partial charge >= 0.3 is 0 Å². The molecule has 0 bridgehead atoms. The highest BCUT2D eigenvalue weighted by Crippen LogP contribution is 2.37. The van der Waals surface area contributed by atoms with Gasteiger partial charge in [0.1, 0.15) is 0 Å². The Kier molecular flexibility index (Phi) is 5.13. The molecule has 2 heterocycles. The van der Waals surface area contributed by atoms with Crippen LogP contribution < -0.4 is 14.3 Å². The highest BCUT2D eigenvalue weighted by Gasteiger charge is 2.22. The number of benzene rings is 2. The van der Waals surface area contributed by atoms with E-state index in [2.05, 4.69) is 10.1 Å². The lowest BCUT2D eigenvalue weighted by Gasteiger charge is -2.05. The van der Waals surface area contributed by atoms with Crippen LogP contribution in [0.3, 0.4) is 0 Å². The lowest BCUT2D eigenvalue weighted by atomic mass is 10.1. The number of aromatic nitrogens is 1. The summed E-state index contributed by atoms with van der Waals surface area (Å²) in [4.78, 5) is 16.4. The van der Waals surface area contributed by atoms with E-state index in [1.807, 2.05) is 49.6 Å². The van der Waals surface area contributed by atoms with Crippen LogP contribution in [0.2, 0.25) is 0 Å². The van der Waals surface area contributed by atoms with E-state index >= 15 is 0 Å². The van der Waals surface area contributed by atoms with E-state index in [0.29, 0.717) is 21.9 Å². The minimum Gasteiger partial charge on any atom is -0.454 e. The molecule has 0 spiro atoms. The van der Waals surface area contributed by atoms with Crippen molar-refractivity contribution < 1.29 is 14.4 Å². The third-order valence-electron chi connectivity index (χ3n) is 4.15. The monoisotopic (exact) mass is 410 g/mol. The Hall–Kier alpha value is -3.46. The van der Waals surface area contributed by atoms with Crippen LogP contribution in [0.5, 0.6) is 11.5 Å². The standard InChI is InChI=1S/C20H18N4O4S/c1-13(2)22-20-23(17(11-29-20)14-6-4-3-5-7-14)21-10-15-8-18-19(28-12-27-18)9-16(15)24(25)26/h3-11,13H,12H2,1-2H3. The number of ether oxygens (including phenoxy) is 2. The molecule has 1 aromatic heterocycles. The molecule has 9 heteroatoms. The first-order valence-corrected chi connectivity index (χ1v) is 9.83. The van der Waals surface area contributed by atoms with Crippen molar-refractivity contribution in [2.75, 3.05) is 6.79 Å². The number of fused-ring (bicyclic) bond motifs is 1. The van der Waals surface area contributed by atoms with Gasteiger partial charge in [0, 0.05) is 17.0 Å². The van der Waals surface area contributed by atoms with Gasteiger partial charge in [-0.3, -0.25) is 15.1 Å². The lowest BCUT2D eigenvalue weighted by molar-refractivity contribution is -0.385. The molecule has 2 aromatic carbocycles. The number of nitro benzene ring substituents is 1. The summed E-state index contributed by atoms with van der Waals surface area (Å²) < 4.78 is 12.3. The molecule has 0 aliphatic carbocycles. The normalized spacial score (nSPS) is 13.6. The van der Waals surface area contributed by atoms with Crippen LogP contribution in [0.1, 0.15) is 19.4 Å². The fourth-order valence-corrected chi connectivity index (χ4v) is 3.83. The molecule has 0 amide bonds. The van der Waals surface area contributed by atoms with E-state index in [9.17, 15) is 10.1 Å². The number of nitro groups is 1. The van der Waals surface area contributed by atoms with Gasteiger partial charge in [-0.25, -0.2) is 4.68 Å². The summed E-state index contributed by atoms with van der Waals surface area (Å²) >= 11 is 1.47. The largest absolute Gasteiger partial charge is 0.454 e. The zero-order chi connectivity index (χ0) is 20.4. The highest BCUT2D eigenvalue weighted by atomic mass is 32.1. The second kappa shape index (κ2) is 7.88. The SMILES string of the molecule is CC(C)N=c1scc(-c2ccccc2)n1N=Cc1cc2c(cc1[N+](=O)[O-])OCO2. The zero-order valence-corrected chi connectivity index (χ0v) is 16.6. The summed E-state index contributed by atoms with van der Waals surface area (Å²) in [5, 5.41) is 18.0. The molecule has 0 saturated carbocycles. The van der Waals surface area contributed by atoms with Crippen LogP contribution in [0.15, 0.2) is 57.9 Å². The molecule has 3 aromatic rings. The van der Waals surface area contributed by atoms with Crippen LogP contribution in [0, 0.1) is 10.1 Å². The fraction of sp³-hybridized carbons (Fsp3) is 0.200. The molecular formula is C20H18N4O4S. The highest BCUT2D eigenvalue weighted by molar-refractivity contribution is 7.07. The van der Waals surface area contributed by atoms with Gasteiger partial charge in [-0.1, -0.05) is 30.3 Å². The molecule has 4 rings (SSSR count). The smallest absolute Gasteiger partial charge is 0.282 e. The average molecular weight is 410 g/mol. The molecule has 0 saturated heterocycles. The first-order valence-electron chi connectivity index (χ1n) is 8.95. The van der Waals surface area contributed by atoms with E-state index in [1.165, 1.54) is 23.6 Å². The van der Waals surface area contributed by atoms with Crippen LogP contribution in [-0.4, -0.2) is 28.6 Å². The minimum absolute atomic E-state index is 0.0436. The minimum atomic E-state index is -0.459. The summed E-state index contributed by atoms with van der Waals surface area (Å²) in [5.74, 6) is 0.820. The van der Waals surface area contributed by atoms with Crippen molar-refractivity contribution in [1.82, 2.24) is 4.68 Å². The summed E-state index contributed by atoms with van der Waals surface area (Å²) in [6.45, 7) is 4.01. The van der Waals surface area contributed by atoms with Gasteiger partial charge in [-0.05, 0) is 19.9 Å². The van der Waals surface area contributed by atoms with Crippen LogP contribution in [-0.2, 0) is 0 Å². The summed E-state index contributed by atoms with van der Waals surface area (Å²) in [5.41, 5.74) is 2.06. The Labute approximate surface area is 170 Å². The van der Waals surface area contributed by atoms with Gasteiger partial charge < -0.3 is 9.47 Å². The number of rotatable bonds is 5. The van der Waals surface area contributed by atoms with Crippen molar-refractivity contribution in [2.24, 2.45) is 10.1 Å². The van der Waals surface area contributed by atoms with E-state index in [1.54, 1.807) is 10.7 Å². The number of thiazole rings is 1. The molecule has 0 radical (unpaired) electrons. The Balaban J connectivity index is 1.83. The Morgan fingerprint density at radius 1 is 1.21 bits per heavy atom. The van der Waals surface area contributed by atoms with Gasteiger partial charge in [-0.2, -0.15) is 5.10 Å². The van der Waals surface area contributed by atoms with Crippen LogP contribution >= 0.6 is 11.3 Å². The maximum Gasteiger partial charge on any atom is 0.282 e. The van der Waals surface area contributed by atoms with Crippen molar-refractivity contribution >= 4 is 23.2 Å². The third kappa shape index (κ3) is 3.90. The van der Waals surface area contributed by atoms with Gasteiger partial charge in [0.15, 0.2) is 11.5 Å². The van der Waals surface area contributed by atoms with Crippen LogP contribution in [0.25, 0.3) is 11.3 Å². The zero-order valence-electron chi connectivity index (χ0n) is 15.8. The van der Waals surface area contributed by atoms with Gasteiger partial charge in [-0.15, -0.1) is 11.3 Å². The Morgan fingerprint density at radius 2 is 1.93 bits per heavy atom. The van der Waals surface area contributed by atoms with Crippen molar-refractivity contribution in [3.8, 4) is 22.8 Å². The molecule has 0 fully saturated rings. The van der Waals surface area contributed by atoms with Gasteiger partial charge in [0.25, 0.3) is 5.69 Å². The Morgan fingerprint density at radius 3 is 2.62 bits per heavy atom. The quantitative estimate of drug-likeness (QED) is 0.360. The third-order valence-corrected chi connectivity index (χ3v) is 4.98. The second-order valence-electron chi connectivity index (χ2n) is 6.57. The van der Waals surface area contributed by atoms with E-state index in [-0.39, 0.29) is 18.5 Å². The van der Waals surface area contributed by atoms with Crippen LogP contribution in [0.4, 0.5) is 5.69 Å². The topological polar surface area (TPSA) is 91.2 Å². The molecule has 148 valence electrons. The van der Waals surface area contributed by atoms with Gasteiger partial charge in [0.05, 0.1) is 28.5 Å². The number of nitrogens with zero attached hydrogens (tertiary/aromatic N) is 4. The number of hydrogen-bond donors (Lipinski definition) is 0. The number of hydrogen-bond acceptors (Lipinski definition) is 7. The molecule has 0 atom stereocenters.